The number of rotatable bonds is 6. The number of hydrogen-bond donors (Lipinski definition) is 1. The minimum absolute atomic E-state index is 0.212. The molecule has 0 bridgehead atoms. The Hall–Kier alpha value is -1.23. The molecule has 1 N–H and O–H groups in total. The van der Waals surface area contributed by atoms with Crippen LogP contribution < -0.4 is 10.2 Å². The zero-order valence-corrected chi connectivity index (χ0v) is 12.5. The van der Waals surface area contributed by atoms with Gasteiger partial charge < -0.3 is 10.2 Å². The molecule has 0 saturated carbocycles. The zero-order chi connectivity index (χ0) is 15.3. The lowest BCUT2D eigenvalue weighted by Crippen LogP contribution is -2.30. The van der Waals surface area contributed by atoms with Gasteiger partial charge in [0, 0.05) is 25.3 Å². The van der Waals surface area contributed by atoms with Crippen LogP contribution in [0.15, 0.2) is 18.2 Å². The van der Waals surface area contributed by atoms with E-state index >= 15 is 0 Å². The minimum atomic E-state index is -4.32. The number of benzene rings is 1. The topological polar surface area (TPSA) is 15.3 Å². The fourth-order valence-electron chi connectivity index (χ4n) is 2.44. The van der Waals surface area contributed by atoms with Crippen molar-refractivity contribution < 1.29 is 13.2 Å². The van der Waals surface area contributed by atoms with Gasteiger partial charge in [-0.1, -0.05) is 19.9 Å². The Morgan fingerprint density at radius 3 is 2.25 bits per heavy atom. The highest BCUT2D eigenvalue weighted by atomic mass is 19.4. The van der Waals surface area contributed by atoms with E-state index in [1.165, 1.54) is 6.07 Å². The van der Waals surface area contributed by atoms with Crippen molar-refractivity contribution in [3.8, 4) is 0 Å². The minimum Gasteiger partial charge on any atom is -0.372 e. The molecular weight excluding hydrogens is 265 g/mol. The van der Waals surface area contributed by atoms with E-state index in [1.807, 2.05) is 25.8 Å². The predicted octanol–water partition coefficient (Wildman–Crippen LogP) is 4.05. The summed E-state index contributed by atoms with van der Waals surface area (Å²) in [5.41, 5.74) is 0.342. The molecule has 0 aromatic heterocycles. The van der Waals surface area contributed by atoms with E-state index in [4.69, 9.17) is 0 Å². The maximum atomic E-state index is 13.1. The molecule has 0 aliphatic carbocycles. The largest absolute Gasteiger partial charge is 0.416 e. The molecule has 0 amide bonds. The van der Waals surface area contributed by atoms with Gasteiger partial charge in [0.05, 0.1) is 5.56 Å². The maximum absolute atomic E-state index is 13.1. The molecule has 0 fully saturated rings. The average molecular weight is 288 g/mol. The number of anilines is 1. The summed E-state index contributed by atoms with van der Waals surface area (Å²) in [6.45, 7) is 4.30. The van der Waals surface area contributed by atoms with Gasteiger partial charge in [-0.05, 0) is 37.6 Å². The Labute approximate surface area is 119 Å². The molecule has 0 unspecified atom stereocenters. The summed E-state index contributed by atoms with van der Waals surface area (Å²) in [5, 5.41) is 2.78. The number of halogens is 3. The van der Waals surface area contributed by atoms with Gasteiger partial charge in [-0.15, -0.1) is 0 Å². The van der Waals surface area contributed by atoms with Crippen LogP contribution >= 0.6 is 0 Å². The van der Waals surface area contributed by atoms with Crippen LogP contribution in [-0.4, -0.2) is 20.1 Å². The zero-order valence-electron chi connectivity index (χ0n) is 12.5. The van der Waals surface area contributed by atoms with Gasteiger partial charge in [0.1, 0.15) is 0 Å². The number of nitrogens with one attached hydrogen (secondary N) is 1. The van der Waals surface area contributed by atoms with Crippen molar-refractivity contribution in [1.29, 1.82) is 0 Å². The van der Waals surface area contributed by atoms with Crippen LogP contribution in [0.2, 0.25) is 0 Å². The summed E-state index contributed by atoms with van der Waals surface area (Å²) >= 11 is 0. The molecule has 1 aromatic rings. The molecule has 0 aliphatic rings. The molecule has 0 atom stereocenters. The Bertz CT molecular complexity index is 426. The highest BCUT2D eigenvalue weighted by Gasteiger charge is 2.33. The first kappa shape index (κ1) is 16.8. The molecule has 1 rings (SSSR count). The van der Waals surface area contributed by atoms with Crippen molar-refractivity contribution in [3.63, 3.8) is 0 Å². The van der Waals surface area contributed by atoms with E-state index in [-0.39, 0.29) is 18.2 Å². The smallest absolute Gasteiger partial charge is 0.372 e. The van der Waals surface area contributed by atoms with Gasteiger partial charge in [-0.25, -0.2) is 0 Å². The summed E-state index contributed by atoms with van der Waals surface area (Å²) < 4.78 is 39.4. The molecule has 114 valence electrons. The van der Waals surface area contributed by atoms with Crippen LogP contribution in [0.1, 0.15) is 37.8 Å². The van der Waals surface area contributed by atoms with Crippen molar-refractivity contribution in [2.75, 3.05) is 19.0 Å². The van der Waals surface area contributed by atoms with E-state index in [2.05, 4.69) is 5.32 Å². The molecule has 0 saturated heterocycles. The Morgan fingerprint density at radius 1 is 1.20 bits per heavy atom. The van der Waals surface area contributed by atoms with Crippen molar-refractivity contribution in [3.05, 3.63) is 29.3 Å². The number of alkyl halides is 3. The van der Waals surface area contributed by atoms with E-state index in [1.54, 1.807) is 19.2 Å². The molecule has 0 spiro atoms. The maximum Gasteiger partial charge on any atom is 0.416 e. The van der Waals surface area contributed by atoms with Crippen LogP contribution in [0.4, 0.5) is 18.9 Å². The second-order valence-electron chi connectivity index (χ2n) is 4.95. The third kappa shape index (κ3) is 3.88. The normalized spacial score (nSPS) is 12.0. The molecule has 5 heteroatoms. The third-order valence-corrected chi connectivity index (χ3v) is 3.66. The number of hydrogen-bond acceptors (Lipinski definition) is 2. The Kier molecular flexibility index (Phi) is 5.87. The molecule has 2 nitrogen and oxygen atoms in total. The van der Waals surface area contributed by atoms with Gasteiger partial charge in [0.15, 0.2) is 0 Å². The average Bonchev–Trinajstić information content (AvgIpc) is 2.39. The summed E-state index contributed by atoms with van der Waals surface area (Å²) in [6, 6.07) is 4.84. The predicted molar refractivity (Wildman–Crippen MR) is 77.0 cm³/mol. The molecule has 0 aliphatic heterocycles. The van der Waals surface area contributed by atoms with Crippen LogP contribution in [0.5, 0.6) is 0 Å². The van der Waals surface area contributed by atoms with E-state index < -0.39 is 11.7 Å². The highest BCUT2D eigenvalue weighted by Crippen LogP contribution is 2.35. The first-order chi connectivity index (χ1) is 9.35. The second-order valence-corrected chi connectivity index (χ2v) is 4.95. The van der Waals surface area contributed by atoms with Gasteiger partial charge in [-0.3, -0.25) is 0 Å². The Balaban J connectivity index is 3.18. The van der Waals surface area contributed by atoms with Crippen molar-refractivity contribution in [2.24, 2.45) is 0 Å². The monoisotopic (exact) mass is 288 g/mol. The summed E-state index contributed by atoms with van der Waals surface area (Å²) in [6.07, 6.45) is -2.50. The summed E-state index contributed by atoms with van der Waals surface area (Å²) in [4.78, 5) is 1.93. The van der Waals surface area contributed by atoms with Crippen LogP contribution in [0.25, 0.3) is 0 Å². The third-order valence-electron chi connectivity index (χ3n) is 3.66. The van der Waals surface area contributed by atoms with Gasteiger partial charge in [0.2, 0.25) is 0 Å². The standard InChI is InChI=1S/C15H23F3N2/c1-5-12(6-2)20(4)13-8-7-11(10-19-3)14(9-13)15(16,17)18/h7-9,12,19H,5-6,10H2,1-4H3. The molecule has 20 heavy (non-hydrogen) atoms. The molecule has 0 radical (unpaired) electrons. The van der Waals surface area contributed by atoms with Gasteiger partial charge >= 0.3 is 6.18 Å². The lowest BCUT2D eigenvalue weighted by atomic mass is 10.0. The summed E-state index contributed by atoms with van der Waals surface area (Å²) in [7, 11) is 3.50. The van der Waals surface area contributed by atoms with Crippen molar-refractivity contribution in [2.45, 2.75) is 45.5 Å². The van der Waals surface area contributed by atoms with Crippen molar-refractivity contribution in [1.82, 2.24) is 5.32 Å². The van der Waals surface area contributed by atoms with E-state index in [0.29, 0.717) is 5.69 Å². The van der Waals surface area contributed by atoms with Gasteiger partial charge in [0.25, 0.3) is 0 Å². The van der Waals surface area contributed by atoms with Crippen LogP contribution in [0.3, 0.4) is 0 Å². The molecule has 0 heterocycles. The first-order valence-corrected chi connectivity index (χ1v) is 6.92. The number of nitrogens with zero attached hydrogens (tertiary/aromatic N) is 1. The SMILES string of the molecule is CCC(CC)N(C)c1ccc(CNC)c(C(F)(F)F)c1. The summed E-state index contributed by atoms with van der Waals surface area (Å²) in [5.74, 6) is 0. The molecule has 1 aromatic carbocycles. The Morgan fingerprint density at radius 2 is 1.80 bits per heavy atom. The second kappa shape index (κ2) is 6.97. The van der Waals surface area contributed by atoms with Gasteiger partial charge in [-0.2, -0.15) is 13.2 Å². The van der Waals surface area contributed by atoms with E-state index in [0.717, 1.165) is 12.8 Å². The fourth-order valence-corrected chi connectivity index (χ4v) is 2.44. The lowest BCUT2D eigenvalue weighted by Gasteiger charge is -2.29. The lowest BCUT2D eigenvalue weighted by molar-refractivity contribution is -0.138. The first-order valence-electron chi connectivity index (χ1n) is 6.92. The van der Waals surface area contributed by atoms with Crippen molar-refractivity contribution >= 4 is 5.69 Å². The quantitative estimate of drug-likeness (QED) is 0.849. The van der Waals surface area contributed by atoms with Crippen LogP contribution in [-0.2, 0) is 12.7 Å². The van der Waals surface area contributed by atoms with E-state index in [9.17, 15) is 13.2 Å². The fraction of sp³-hybridized carbons (Fsp3) is 0.600. The molecular formula is C15H23F3N2. The van der Waals surface area contributed by atoms with Crippen LogP contribution in [0, 0.1) is 0 Å². The highest BCUT2D eigenvalue weighted by molar-refractivity contribution is 5.52.